The molecule has 0 saturated carbocycles. The summed E-state index contributed by atoms with van der Waals surface area (Å²) in [5, 5.41) is 0. The van der Waals surface area contributed by atoms with Crippen molar-refractivity contribution in [2.24, 2.45) is 0 Å². The van der Waals surface area contributed by atoms with Gasteiger partial charge in [-0.25, -0.2) is 0 Å². The number of hydrogen-bond donors (Lipinski definition) is 0. The Morgan fingerprint density at radius 3 is 2.15 bits per heavy atom. The third-order valence-corrected chi connectivity index (χ3v) is 10.4. The zero-order valence-corrected chi connectivity index (χ0v) is 19.1. The minimum absolute atomic E-state index is 0.0574. The Balaban J connectivity index is 2.85. The van der Waals surface area contributed by atoms with Crippen molar-refractivity contribution in [3.63, 3.8) is 0 Å². The van der Waals surface area contributed by atoms with Crippen molar-refractivity contribution in [3.05, 3.63) is 22.5 Å². The van der Waals surface area contributed by atoms with Crippen LogP contribution in [0.2, 0.25) is 0 Å². The summed E-state index contributed by atoms with van der Waals surface area (Å²) in [7, 11) is 0. The van der Waals surface area contributed by atoms with E-state index in [1.807, 2.05) is 0 Å². The SMILES string of the molecule is Cc1c(C)c2n(c1C)[C](C)([K])C(I)N(C(C)C)C2(C)F. The van der Waals surface area contributed by atoms with Gasteiger partial charge in [0, 0.05) is 0 Å². The second kappa shape index (κ2) is 5.56. The number of nitrogens with zero attached hydrogens (tertiary/aromatic N) is 2. The Morgan fingerprint density at radius 2 is 1.70 bits per heavy atom. The zero-order valence-electron chi connectivity index (χ0n) is 13.8. The molecule has 0 amide bonds. The molecule has 2 heterocycles. The van der Waals surface area contributed by atoms with Crippen molar-refractivity contribution in [1.82, 2.24) is 9.47 Å². The third kappa shape index (κ3) is 2.34. The molecule has 0 fully saturated rings. The van der Waals surface area contributed by atoms with Crippen LogP contribution in [0.3, 0.4) is 0 Å². The standard InChI is InChI=1S/C15H23FIN2.K/c1-8(2)19-14(17)12(6)18-11(5)9(3)10(4)13(18)15(19,7)16;/h8,14H,1-7H3;. The van der Waals surface area contributed by atoms with E-state index in [1.165, 1.54) is 11.3 Å². The maximum absolute atomic E-state index is 15.7. The predicted octanol–water partition coefficient (Wildman–Crippen LogP) is 3.88. The van der Waals surface area contributed by atoms with E-state index in [0.717, 1.165) is 11.3 Å². The van der Waals surface area contributed by atoms with Crippen LogP contribution in [0.5, 0.6) is 0 Å². The first-order valence-corrected chi connectivity index (χ1v) is 10.1. The van der Waals surface area contributed by atoms with E-state index in [4.69, 9.17) is 0 Å². The minimum atomic E-state index is -1.40. The van der Waals surface area contributed by atoms with Crippen LogP contribution in [-0.4, -0.2) is 68.5 Å². The van der Waals surface area contributed by atoms with Crippen molar-refractivity contribution in [2.75, 3.05) is 0 Å². The van der Waals surface area contributed by atoms with Crippen LogP contribution in [0.1, 0.15) is 50.2 Å². The van der Waals surface area contributed by atoms with Crippen LogP contribution < -0.4 is 0 Å². The van der Waals surface area contributed by atoms with Gasteiger partial charge in [-0.15, -0.1) is 0 Å². The Labute approximate surface area is 169 Å². The normalized spacial score (nSPS) is 34.7. The fourth-order valence-electron chi connectivity index (χ4n) is 3.75. The van der Waals surface area contributed by atoms with E-state index >= 15 is 4.39 Å². The molecule has 0 radical (unpaired) electrons. The first-order valence-electron chi connectivity index (χ1n) is 7.26. The molecule has 2 rings (SSSR count). The summed E-state index contributed by atoms with van der Waals surface area (Å²) in [5.41, 5.74) is 4.48. The van der Waals surface area contributed by atoms with Gasteiger partial charge in [-0.2, -0.15) is 0 Å². The molecule has 1 aromatic heterocycles. The van der Waals surface area contributed by atoms with Gasteiger partial charge in [-0.3, -0.25) is 0 Å². The van der Waals surface area contributed by atoms with Gasteiger partial charge >= 0.3 is 172 Å². The average molecular weight is 416 g/mol. The van der Waals surface area contributed by atoms with E-state index in [-0.39, 0.29) is 9.72 Å². The second-order valence-corrected chi connectivity index (χ2v) is 11.3. The van der Waals surface area contributed by atoms with Gasteiger partial charge in [-0.05, 0) is 0 Å². The summed E-state index contributed by atoms with van der Waals surface area (Å²) in [6.07, 6.45) is 0. The summed E-state index contributed by atoms with van der Waals surface area (Å²) in [5.74, 6) is -1.40. The Hall–Kier alpha value is 1.54. The Kier molecular flexibility index (Phi) is 4.97. The molecular formula is C15H23FIKN2. The topological polar surface area (TPSA) is 8.17 Å². The number of alkyl halides is 2. The van der Waals surface area contributed by atoms with Gasteiger partial charge in [0.15, 0.2) is 0 Å². The molecule has 0 bridgehead atoms. The predicted molar refractivity (Wildman–Crippen MR) is 91.3 cm³/mol. The van der Waals surface area contributed by atoms with Crippen LogP contribution in [0.4, 0.5) is 4.39 Å². The van der Waals surface area contributed by atoms with Crippen molar-refractivity contribution in [1.29, 1.82) is 0 Å². The zero-order chi connectivity index (χ0) is 15.6. The molecular weight excluding hydrogens is 393 g/mol. The van der Waals surface area contributed by atoms with Gasteiger partial charge < -0.3 is 0 Å². The van der Waals surface area contributed by atoms with Gasteiger partial charge in [0.2, 0.25) is 0 Å². The molecule has 1 aliphatic rings. The first-order chi connectivity index (χ1) is 8.95. The van der Waals surface area contributed by atoms with Crippen LogP contribution in [0.25, 0.3) is 0 Å². The fourth-order valence-corrected chi connectivity index (χ4v) is 6.50. The van der Waals surface area contributed by atoms with Crippen molar-refractivity contribution in [3.8, 4) is 0 Å². The van der Waals surface area contributed by atoms with Crippen LogP contribution >= 0.6 is 22.6 Å². The number of fused-ring (bicyclic) bond motifs is 1. The maximum atomic E-state index is 15.7. The quantitative estimate of drug-likeness (QED) is 0.292. The van der Waals surface area contributed by atoms with Crippen molar-refractivity contribution in [2.45, 2.75) is 64.0 Å². The second-order valence-electron chi connectivity index (χ2n) is 6.96. The first kappa shape index (κ1) is 17.9. The molecule has 108 valence electrons. The van der Waals surface area contributed by atoms with Gasteiger partial charge in [0.1, 0.15) is 0 Å². The third-order valence-electron chi connectivity index (χ3n) is 4.90. The van der Waals surface area contributed by atoms with E-state index < -0.39 is 5.79 Å². The summed E-state index contributed by atoms with van der Waals surface area (Å²) in [6, 6.07) is 0.192. The fraction of sp³-hybridized carbons (Fsp3) is 0.733. The average Bonchev–Trinajstić information content (AvgIpc) is 2.52. The summed E-state index contributed by atoms with van der Waals surface area (Å²) in [4.78, 5) is 2.06. The molecule has 0 saturated heterocycles. The molecule has 0 aromatic carbocycles. The van der Waals surface area contributed by atoms with Gasteiger partial charge in [0.05, 0.1) is 0 Å². The van der Waals surface area contributed by atoms with Crippen LogP contribution in [0, 0.1) is 20.8 Å². The van der Waals surface area contributed by atoms with E-state index in [0.29, 0.717) is 49.0 Å². The number of rotatable bonds is 1. The molecule has 1 aromatic rings. The molecule has 1 aliphatic heterocycles. The molecule has 2 nitrogen and oxygen atoms in total. The van der Waals surface area contributed by atoms with Crippen molar-refractivity contribution < 1.29 is 4.39 Å². The van der Waals surface area contributed by atoms with E-state index in [1.54, 1.807) is 6.92 Å². The summed E-state index contributed by atoms with van der Waals surface area (Å²) in [6.45, 7) is 14.6. The molecule has 0 N–H and O–H groups in total. The van der Waals surface area contributed by atoms with E-state index in [9.17, 15) is 0 Å². The Morgan fingerprint density at radius 1 is 1.20 bits per heavy atom. The van der Waals surface area contributed by atoms with Gasteiger partial charge in [0.25, 0.3) is 0 Å². The number of halogens is 2. The van der Waals surface area contributed by atoms with Gasteiger partial charge in [-0.1, -0.05) is 0 Å². The summed E-state index contributed by atoms with van der Waals surface area (Å²) < 4.78 is 18.3. The molecule has 3 unspecified atom stereocenters. The number of aromatic nitrogens is 1. The van der Waals surface area contributed by atoms with Crippen LogP contribution in [0.15, 0.2) is 0 Å². The molecule has 0 aliphatic carbocycles. The monoisotopic (exact) mass is 416 g/mol. The van der Waals surface area contributed by atoms with Crippen molar-refractivity contribution >= 4 is 71.5 Å². The van der Waals surface area contributed by atoms with Crippen LogP contribution in [-0.2, 0) is 5.43 Å². The summed E-state index contributed by atoms with van der Waals surface area (Å²) >= 11 is 3.01. The molecule has 0 spiro atoms. The van der Waals surface area contributed by atoms with E-state index in [2.05, 4.69) is 73.6 Å². The molecule has 20 heavy (non-hydrogen) atoms. The molecule has 3 atom stereocenters. The molecule has 5 heteroatoms. The Bertz CT molecular complexity index is 549. The number of hydrogen-bond acceptors (Lipinski definition) is 1.